The van der Waals surface area contributed by atoms with Crippen molar-refractivity contribution in [2.75, 3.05) is 19.6 Å². The topological polar surface area (TPSA) is 58.4 Å². The molecule has 4 heteroatoms. The summed E-state index contributed by atoms with van der Waals surface area (Å²) in [6, 6.07) is 8.77. The molecule has 1 aromatic rings. The van der Waals surface area contributed by atoms with Gasteiger partial charge in [0.05, 0.1) is 6.54 Å². The van der Waals surface area contributed by atoms with Gasteiger partial charge in [-0.1, -0.05) is 24.3 Å². The Kier molecular flexibility index (Phi) is 3.06. The Balaban J connectivity index is 1.87. The molecule has 1 fully saturated rings. The van der Waals surface area contributed by atoms with Crippen molar-refractivity contribution in [2.45, 2.75) is 24.9 Å². The van der Waals surface area contributed by atoms with Gasteiger partial charge >= 0.3 is 0 Å². The maximum atomic E-state index is 11.7. The molecule has 0 aromatic heterocycles. The normalized spacial score (nSPS) is 28.6. The molecule has 1 heterocycles. The van der Waals surface area contributed by atoms with Crippen molar-refractivity contribution < 1.29 is 4.79 Å². The van der Waals surface area contributed by atoms with E-state index in [2.05, 4.69) is 28.4 Å². The maximum absolute atomic E-state index is 11.7. The van der Waals surface area contributed by atoms with Crippen LogP contribution in [0.25, 0.3) is 0 Å². The fourth-order valence-electron chi connectivity index (χ4n) is 3.09. The number of carbonyl (C=O) groups excluding carboxylic acids is 1. The van der Waals surface area contributed by atoms with E-state index in [1.807, 2.05) is 6.07 Å². The fraction of sp³-hybridized carbons (Fsp3) is 0.500. The molecule has 0 spiro atoms. The van der Waals surface area contributed by atoms with E-state index in [1.54, 1.807) is 0 Å². The maximum Gasteiger partial charge on any atom is 0.234 e. The number of nitrogens with two attached hydrogens (primary N) is 1. The molecule has 1 amide bonds. The Hall–Kier alpha value is -1.39. The van der Waals surface area contributed by atoms with Crippen LogP contribution < -0.4 is 11.1 Å². The number of hydrogen-bond acceptors (Lipinski definition) is 3. The van der Waals surface area contributed by atoms with Crippen LogP contribution >= 0.6 is 0 Å². The molecule has 18 heavy (non-hydrogen) atoms. The number of benzene rings is 1. The molecule has 1 aliphatic heterocycles. The second kappa shape index (κ2) is 4.71. The molecule has 0 radical (unpaired) electrons. The summed E-state index contributed by atoms with van der Waals surface area (Å²) in [5.74, 6) is 0.130. The van der Waals surface area contributed by atoms with Crippen molar-refractivity contribution in [3.05, 3.63) is 35.4 Å². The minimum Gasteiger partial charge on any atom is -0.355 e. The first-order valence-electron chi connectivity index (χ1n) is 6.61. The molecule has 4 nitrogen and oxygen atoms in total. The van der Waals surface area contributed by atoms with Crippen molar-refractivity contribution in [1.29, 1.82) is 0 Å². The average Bonchev–Trinajstić information content (AvgIpc) is 2.57. The van der Waals surface area contributed by atoms with E-state index in [-0.39, 0.29) is 11.9 Å². The first-order valence-corrected chi connectivity index (χ1v) is 6.61. The molecule has 0 saturated carbocycles. The molecule has 2 unspecified atom stereocenters. The van der Waals surface area contributed by atoms with Gasteiger partial charge in [-0.2, -0.15) is 0 Å². The quantitative estimate of drug-likeness (QED) is 0.774. The number of nitrogens with zero attached hydrogens (tertiary/aromatic N) is 1. The third-order valence-electron chi connectivity index (χ3n) is 3.96. The number of amides is 1. The summed E-state index contributed by atoms with van der Waals surface area (Å²) in [6.07, 6.45) is 1.94. The second-order valence-corrected chi connectivity index (χ2v) is 5.16. The van der Waals surface area contributed by atoms with Crippen molar-refractivity contribution in [2.24, 2.45) is 5.73 Å². The second-order valence-electron chi connectivity index (χ2n) is 5.16. The average molecular weight is 245 g/mol. The highest BCUT2D eigenvalue weighted by Crippen LogP contribution is 2.40. The Morgan fingerprint density at radius 1 is 1.28 bits per heavy atom. The predicted octanol–water partition coefficient (Wildman–Crippen LogP) is 0.953. The van der Waals surface area contributed by atoms with Crippen LogP contribution in [0.2, 0.25) is 0 Å². The van der Waals surface area contributed by atoms with Gasteiger partial charge in [0.25, 0.3) is 0 Å². The monoisotopic (exact) mass is 245 g/mol. The van der Waals surface area contributed by atoms with E-state index in [9.17, 15) is 4.79 Å². The smallest absolute Gasteiger partial charge is 0.234 e. The molecule has 0 bridgehead atoms. The molecule has 2 aliphatic rings. The van der Waals surface area contributed by atoms with E-state index in [1.165, 1.54) is 11.1 Å². The molecule has 3 N–H and O–H groups in total. The lowest BCUT2D eigenvalue weighted by Crippen LogP contribution is -2.35. The predicted molar refractivity (Wildman–Crippen MR) is 69.9 cm³/mol. The first-order chi connectivity index (χ1) is 8.75. The number of carbonyl (C=O) groups is 1. The molecular weight excluding hydrogens is 226 g/mol. The summed E-state index contributed by atoms with van der Waals surface area (Å²) in [5.41, 5.74) is 8.74. The summed E-state index contributed by atoms with van der Waals surface area (Å²) >= 11 is 0. The zero-order valence-electron chi connectivity index (χ0n) is 10.4. The Morgan fingerprint density at radius 3 is 2.89 bits per heavy atom. The number of rotatable bonds is 1. The highest BCUT2D eigenvalue weighted by molar-refractivity contribution is 5.78. The third kappa shape index (κ3) is 2.02. The SMILES string of the molecule is NC1CC(N2CCCNC(=O)C2)c2ccccc21. The van der Waals surface area contributed by atoms with Crippen molar-refractivity contribution in [1.82, 2.24) is 10.2 Å². The minimum atomic E-state index is 0.109. The summed E-state index contributed by atoms with van der Waals surface area (Å²) in [7, 11) is 0. The zero-order chi connectivity index (χ0) is 12.5. The van der Waals surface area contributed by atoms with Crippen LogP contribution in [0, 0.1) is 0 Å². The summed E-state index contributed by atoms with van der Waals surface area (Å²) in [5, 5.41) is 2.92. The van der Waals surface area contributed by atoms with E-state index in [0.29, 0.717) is 12.6 Å². The van der Waals surface area contributed by atoms with E-state index < -0.39 is 0 Å². The standard InChI is InChI=1S/C14H19N3O/c15-12-8-13(11-5-2-1-4-10(11)12)17-7-3-6-16-14(18)9-17/h1-2,4-5,12-13H,3,6-9,15H2,(H,16,18). The summed E-state index contributed by atoms with van der Waals surface area (Å²) < 4.78 is 0. The molecule has 3 rings (SSSR count). The Morgan fingerprint density at radius 2 is 2.06 bits per heavy atom. The summed E-state index contributed by atoms with van der Waals surface area (Å²) in [6.45, 7) is 2.24. The van der Waals surface area contributed by atoms with Gasteiger partial charge in [0.1, 0.15) is 0 Å². The van der Waals surface area contributed by atoms with Crippen LogP contribution in [-0.2, 0) is 4.79 Å². The van der Waals surface area contributed by atoms with Gasteiger partial charge in [0.15, 0.2) is 0 Å². The molecule has 1 saturated heterocycles. The lowest BCUT2D eigenvalue weighted by Gasteiger charge is -2.27. The number of hydrogen-bond donors (Lipinski definition) is 2. The summed E-state index contributed by atoms with van der Waals surface area (Å²) in [4.78, 5) is 13.9. The zero-order valence-corrected chi connectivity index (χ0v) is 10.4. The van der Waals surface area contributed by atoms with Crippen LogP contribution in [0.3, 0.4) is 0 Å². The van der Waals surface area contributed by atoms with Gasteiger partial charge in [0, 0.05) is 25.2 Å². The van der Waals surface area contributed by atoms with Crippen LogP contribution in [0.4, 0.5) is 0 Å². The lowest BCUT2D eigenvalue weighted by molar-refractivity contribution is -0.122. The van der Waals surface area contributed by atoms with Crippen molar-refractivity contribution >= 4 is 5.91 Å². The van der Waals surface area contributed by atoms with Gasteiger partial charge in [-0.3, -0.25) is 9.69 Å². The van der Waals surface area contributed by atoms with E-state index >= 15 is 0 Å². The van der Waals surface area contributed by atoms with E-state index in [4.69, 9.17) is 5.73 Å². The van der Waals surface area contributed by atoms with Gasteiger partial charge in [-0.25, -0.2) is 0 Å². The first kappa shape index (κ1) is 11.7. The third-order valence-corrected chi connectivity index (χ3v) is 3.96. The van der Waals surface area contributed by atoms with Crippen molar-refractivity contribution in [3.63, 3.8) is 0 Å². The Labute approximate surface area is 107 Å². The highest BCUT2D eigenvalue weighted by Gasteiger charge is 2.33. The van der Waals surface area contributed by atoms with Gasteiger partial charge in [-0.05, 0) is 24.0 Å². The fourth-order valence-corrected chi connectivity index (χ4v) is 3.09. The van der Waals surface area contributed by atoms with Crippen LogP contribution in [0.1, 0.15) is 36.1 Å². The van der Waals surface area contributed by atoms with Gasteiger partial charge < -0.3 is 11.1 Å². The van der Waals surface area contributed by atoms with Gasteiger partial charge in [-0.15, -0.1) is 0 Å². The Bertz CT molecular complexity index is 460. The van der Waals surface area contributed by atoms with Crippen LogP contribution in [-0.4, -0.2) is 30.4 Å². The minimum absolute atomic E-state index is 0.109. The molecular formula is C14H19N3O. The molecule has 96 valence electrons. The molecule has 2 atom stereocenters. The number of fused-ring (bicyclic) bond motifs is 1. The van der Waals surface area contributed by atoms with E-state index in [0.717, 1.165) is 25.9 Å². The van der Waals surface area contributed by atoms with Gasteiger partial charge in [0.2, 0.25) is 5.91 Å². The highest BCUT2D eigenvalue weighted by atomic mass is 16.2. The molecule has 1 aromatic carbocycles. The van der Waals surface area contributed by atoms with Crippen LogP contribution in [0.5, 0.6) is 0 Å². The lowest BCUT2D eigenvalue weighted by atomic mass is 10.1. The largest absolute Gasteiger partial charge is 0.355 e. The number of nitrogens with one attached hydrogen (secondary N) is 1. The van der Waals surface area contributed by atoms with Crippen molar-refractivity contribution in [3.8, 4) is 0 Å². The van der Waals surface area contributed by atoms with Crippen LogP contribution in [0.15, 0.2) is 24.3 Å². The molecule has 1 aliphatic carbocycles.